The zero-order valence-electron chi connectivity index (χ0n) is 18.8. The minimum Gasteiger partial charge on any atom is -0.507 e. The van der Waals surface area contributed by atoms with Crippen LogP contribution >= 0.6 is 0 Å². The highest BCUT2D eigenvalue weighted by molar-refractivity contribution is 7.91. The Morgan fingerprint density at radius 1 is 0.697 bits per heavy atom. The molecule has 4 N–H and O–H groups in total. The number of carboxylic acid groups (broad SMARTS) is 2. The zero-order valence-corrected chi connectivity index (χ0v) is 19.6. The van der Waals surface area contributed by atoms with Crippen molar-refractivity contribution in [2.45, 2.75) is 75.0 Å². The van der Waals surface area contributed by atoms with Gasteiger partial charge >= 0.3 is 11.9 Å². The molecule has 0 saturated carbocycles. The number of carboxylic acids is 2. The summed E-state index contributed by atoms with van der Waals surface area (Å²) in [6.45, 7) is 3.88. The van der Waals surface area contributed by atoms with Gasteiger partial charge in [-0.25, -0.2) is 18.0 Å². The summed E-state index contributed by atoms with van der Waals surface area (Å²) in [6.07, 6.45) is 4.22. The largest absolute Gasteiger partial charge is 0.507 e. The maximum Gasteiger partial charge on any atom is 0.336 e. The fraction of sp³-hybridized carbons (Fsp3) is 0.417. The topological polar surface area (TPSA) is 149 Å². The van der Waals surface area contributed by atoms with Crippen LogP contribution in [0.3, 0.4) is 0 Å². The van der Waals surface area contributed by atoms with Gasteiger partial charge in [-0.1, -0.05) is 39.5 Å². The third-order valence-electron chi connectivity index (χ3n) is 5.54. The lowest BCUT2D eigenvalue weighted by Crippen LogP contribution is -2.15. The van der Waals surface area contributed by atoms with Gasteiger partial charge in [-0.15, -0.1) is 0 Å². The molecular weight excluding hydrogens is 448 g/mol. The van der Waals surface area contributed by atoms with Gasteiger partial charge < -0.3 is 20.4 Å². The summed E-state index contributed by atoms with van der Waals surface area (Å²) >= 11 is 0. The maximum atomic E-state index is 13.8. The normalized spacial score (nSPS) is 11.5. The molecule has 0 atom stereocenters. The van der Waals surface area contributed by atoms with Crippen LogP contribution in [0, 0.1) is 0 Å². The molecular formula is C24H30O8S. The molecule has 33 heavy (non-hydrogen) atoms. The van der Waals surface area contributed by atoms with Crippen molar-refractivity contribution in [1.82, 2.24) is 0 Å². The zero-order chi connectivity index (χ0) is 24.8. The SMILES string of the molecule is CCCCCc1c(C(=O)O)ccc(O)c1S(=O)(=O)c1c(O)ccc(C(=O)O)c1CCCCC. The standard InChI is InChI=1S/C24H30O8S/c1-3-5-7-9-15-17(23(27)28)11-13-19(25)21(15)33(31,32)22-16(10-8-6-4-2)18(24(29)30)12-14-20(22)26/h11-14,25-26H,3-10H2,1-2H3,(H,27,28)(H,29,30). The molecule has 8 nitrogen and oxygen atoms in total. The molecule has 0 aliphatic carbocycles. The van der Waals surface area contributed by atoms with E-state index >= 15 is 0 Å². The van der Waals surface area contributed by atoms with Crippen molar-refractivity contribution < 1.29 is 38.4 Å². The van der Waals surface area contributed by atoms with Crippen molar-refractivity contribution in [3.63, 3.8) is 0 Å². The molecule has 0 heterocycles. The highest BCUT2D eigenvalue weighted by atomic mass is 32.2. The third kappa shape index (κ3) is 5.65. The summed E-state index contributed by atoms with van der Waals surface area (Å²) in [5.74, 6) is -3.98. The smallest absolute Gasteiger partial charge is 0.336 e. The van der Waals surface area contributed by atoms with Gasteiger partial charge in [-0.3, -0.25) is 0 Å². The summed E-state index contributed by atoms with van der Waals surface area (Å²) in [4.78, 5) is 22.5. The molecule has 0 fully saturated rings. The molecule has 0 amide bonds. The van der Waals surface area contributed by atoms with Crippen LogP contribution in [0.5, 0.6) is 11.5 Å². The lowest BCUT2D eigenvalue weighted by atomic mass is 10.0. The summed E-state index contributed by atoms with van der Waals surface area (Å²) in [5, 5.41) is 40.4. The van der Waals surface area contributed by atoms with Crippen LogP contribution < -0.4 is 0 Å². The van der Waals surface area contributed by atoms with E-state index in [4.69, 9.17) is 0 Å². The van der Waals surface area contributed by atoms with Crippen molar-refractivity contribution in [2.75, 3.05) is 0 Å². The molecule has 0 saturated heterocycles. The van der Waals surface area contributed by atoms with Gasteiger partial charge in [0.05, 0.1) is 11.1 Å². The second kappa shape index (κ2) is 11.2. The molecule has 2 aromatic carbocycles. The van der Waals surface area contributed by atoms with Crippen molar-refractivity contribution in [3.8, 4) is 11.5 Å². The number of aromatic hydroxyl groups is 2. The maximum absolute atomic E-state index is 13.8. The first-order chi connectivity index (χ1) is 15.6. The first-order valence-electron chi connectivity index (χ1n) is 11.0. The number of carbonyl (C=O) groups is 2. The minimum atomic E-state index is -4.67. The molecule has 180 valence electrons. The first-order valence-corrected chi connectivity index (χ1v) is 12.5. The van der Waals surface area contributed by atoms with E-state index in [0.29, 0.717) is 12.8 Å². The quantitative estimate of drug-likeness (QED) is 0.318. The molecule has 0 aromatic heterocycles. The van der Waals surface area contributed by atoms with E-state index in [1.165, 1.54) is 0 Å². The molecule has 0 unspecified atom stereocenters. The number of hydrogen-bond acceptors (Lipinski definition) is 6. The molecule has 2 rings (SSSR count). The fourth-order valence-corrected chi connectivity index (χ4v) is 5.90. The van der Waals surface area contributed by atoms with Crippen molar-refractivity contribution in [1.29, 1.82) is 0 Å². The second-order valence-electron chi connectivity index (χ2n) is 7.91. The predicted octanol–water partition coefficient (Wildman–Crippen LogP) is 4.79. The van der Waals surface area contributed by atoms with E-state index in [1.807, 2.05) is 13.8 Å². The van der Waals surface area contributed by atoms with Crippen LogP contribution in [0.2, 0.25) is 0 Å². The van der Waals surface area contributed by atoms with Crippen LogP contribution in [0.1, 0.15) is 84.2 Å². The Morgan fingerprint density at radius 3 is 1.36 bits per heavy atom. The van der Waals surface area contributed by atoms with E-state index in [9.17, 15) is 38.4 Å². The Balaban J connectivity index is 2.86. The number of aromatic carboxylic acids is 2. The van der Waals surface area contributed by atoms with E-state index in [0.717, 1.165) is 49.9 Å². The lowest BCUT2D eigenvalue weighted by Gasteiger charge is -2.19. The number of phenols is 2. The van der Waals surface area contributed by atoms with Gasteiger partial charge in [0.1, 0.15) is 21.3 Å². The Labute approximate surface area is 193 Å². The molecule has 0 bridgehead atoms. The average molecular weight is 479 g/mol. The number of benzene rings is 2. The number of sulfone groups is 1. The highest BCUT2D eigenvalue weighted by Crippen LogP contribution is 2.41. The van der Waals surface area contributed by atoms with E-state index in [2.05, 4.69) is 0 Å². The molecule has 9 heteroatoms. The lowest BCUT2D eigenvalue weighted by molar-refractivity contribution is 0.0684. The molecule has 0 aliphatic rings. The van der Waals surface area contributed by atoms with Gasteiger partial charge in [0.2, 0.25) is 9.84 Å². The predicted molar refractivity (Wildman–Crippen MR) is 122 cm³/mol. The van der Waals surface area contributed by atoms with Crippen molar-refractivity contribution in [3.05, 3.63) is 46.5 Å². The van der Waals surface area contributed by atoms with Gasteiger partial charge in [0.25, 0.3) is 0 Å². The summed E-state index contributed by atoms with van der Waals surface area (Å²) < 4.78 is 27.7. The molecule has 0 radical (unpaired) electrons. The summed E-state index contributed by atoms with van der Waals surface area (Å²) in [7, 11) is -4.67. The van der Waals surface area contributed by atoms with Crippen LogP contribution in [0.4, 0.5) is 0 Å². The van der Waals surface area contributed by atoms with Crippen LogP contribution in [-0.4, -0.2) is 40.8 Å². The molecule has 0 aliphatic heterocycles. The highest BCUT2D eigenvalue weighted by Gasteiger charge is 2.34. The van der Waals surface area contributed by atoms with Crippen molar-refractivity contribution >= 4 is 21.8 Å². The van der Waals surface area contributed by atoms with E-state index < -0.39 is 43.1 Å². The Hall–Kier alpha value is -3.07. The third-order valence-corrected chi connectivity index (χ3v) is 7.52. The van der Waals surface area contributed by atoms with Crippen LogP contribution in [-0.2, 0) is 22.7 Å². The number of unbranched alkanes of at least 4 members (excludes halogenated alkanes) is 4. The Bertz CT molecular complexity index is 1050. The average Bonchev–Trinajstić information content (AvgIpc) is 2.73. The van der Waals surface area contributed by atoms with Gasteiger partial charge in [0, 0.05) is 0 Å². The van der Waals surface area contributed by atoms with Crippen molar-refractivity contribution in [2.24, 2.45) is 0 Å². The summed E-state index contributed by atoms with van der Waals surface area (Å²) in [5.41, 5.74) is -0.640. The molecule has 2 aromatic rings. The monoisotopic (exact) mass is 478 g/mol. The minimum absolute atomic E-state index is 0.0596. The van der Waals surface area contributed by atoms with Gasteiger partial charge in [0.15, 0.2) is 0 Å². The molecule has 0 spiro atoms. The number of hydrogen-bond donors (Lipinski definition) is 4. The van der Waals surface area contributed by atoms with Gasteiger partial charge in [-0.2, -0.15) is 0 Å². The second-order valence-corrected chi connectivity index (χ2v) is 9.73. The Kier molecular flexibility index (Phi) is 8.87. The van der Waals surface area contributed by atoms with Gasteiger partial charge in [-0.05, 0) is 61.1 Å². The summed E-state index contributed by atoms with van der Waals surface area (Å²) in [6, 6.07) is 4.28. The fourth-order valence-electron chi connectivity index (χ4n) is 3.93. The number of rotatable bonds is 12. The Morgan fingerprint density at radius 2 is 1.06 bits per heavy atom. The van der Waals surface area contributed by atoms with E-state index in [1.54, 1.807) is 0 Å². The van der Waals surface area contributed by atoms with Crippen LogP contribution in [0.15, 0.2) is 34.1 Å². The first kappa shape index (κ1) is 26.2. The van der Waals surface area contributed by atoms with E-state index in [-0.39, 0.29) is 35.1 Å². The number of phenolic OH excluding ortho intramolecular Hbond substituents is 2. The van der Waals surface area contributed by atoms with Crippen LogP contribution in [0.25, 0.3) is 0 Å².